The lowest BCUT2D eigenvalue weighted by Gasteiger charge is -2.41. The van der Waals surface area contributed by atoms with E-state index in [1.807, 2.05) is 0 Å². The molecule has 0 bridgehead atoms. The number of aryl methyl sites for hydroxylation is 3. The summed E-state index contributed by atoms with van der Waals surface area (Å²) in [5, 5.41) is 4.93. The molecule has 2 aliphatic rings. The lowest BCUT2D eigenvalue weighted by molar-refractivity contribution is 0.569. The van der Waals surface area contributed by atoms with E-state index in [4.69, 9.17) is 4.42 Å². The van der Waals surface area contributed by atoms with Crippen molar-refractivity contribution >= 4 is 78.6 Å². The fraction of sp³-hybridized carbons (Fsp3) is 0.208. The number of hydrogen-bond donors (Lipinski definition) is 0. The normalized spacial score (nSPS) is 13.6. The average molecular weight is 739 g/mol. The molecular formula is C53H47BN2O. The van der Waals surface area contributed by atoms with E-state index in [1.165, 1.54) is 105 Å². The summed E-state index contributed by atoms with van der Waals surface area (Å²) in [6.07, 6.45) is 0. The van der Waals surface area contributed by atoms with Crippen LogP contribution in [0.1, 0.15) is 69.4 Å². The number of rotatable bonds is 2. The summed E-state index contributed by atoms with van der Waals surface area (Å²) >= 11 is 0. The van der Waals surface area contributed by atoms with Crippen LogP contribution in [0.3, 0.4) is 0 Å². The zero-order valence-electron chi connectivity index (χ0n) is 34.4. The molecule has 0 unspecified atom stereocenters. The van der Waals surface area contributed by atoms with Crippen molar-refractivity contribution in [3.05, 3.63) is 149 Å². The number of anilines is 3. The Balaban J connectivity index is 1.35. The number of nitrogens with zero attached hydrogens (tertiary/aromatic N) is 2. The minimum Gasteiger partial charge on any atom is -0.456 e. The molecule has 2 aromatic heterocycles. The van der Waals surface area contributed by atoms with Gasteiger partial charge in [0.25, 0.3) is 0 Å². The largest absolute Gasteiger partial charge is 0.456 e. The van der Waals surface area contributed by atoms with E-state index in [2.05, 4.69) is 193 Å². The van der Waals surface area contributed by atoms with E-state index in [1.54, 1.807) is 0 Å². The van der Waals surface area contributed by atoms with E-state index < -0.39 is 0 Å². The van der Waals surface area contributed by atoms with Crippen molar-refractivity contribution in [1.29, 1.82) is 0 Å². The van der Waals surface area contributed by atoms with Gasteiger partial charge < -0.3 is 13.8 Å². The van der Waals surface area contributed by atoms with Gasteiger partial charge in [0.05, 0.1) is 0 Å². The fourth-order valence-electron chi connectivity index (χ4n) is 10.4. The Bertz CT molecular complexity index is 3140. The van der Waals surface area contributed by atoms with Gasteiger partial charge in [-0.25, -0.2) is 0 Å². The summed E-state index contributed by atoms with van der Waals surface area (Å²) < 4.78 is 9.54. The van der Waals surface area contributed by atoms with Gasteiger partial charge >= 0.3 is 6.85 Å². The van der Waals surface area contributed by atoms with Crippen LogP contribution in [-0.2, 0) is 10.8 Å². The first-order valence-electron chi connectivity index (χ1n) is 20.5. The molecule has 0 atom stereocenters. The molecule has 278 valence electrons. The summed E-state index contributed by atoms with van der Waals surface area (Å²) in [5.41, 5.74) is 22.2. The van der Waals surface area contributed by atoms with Crippen LogP contribution < -0.4 is 15.8 Å². The smallest absolute Gasteiger partial charge is 0.333 e. The SMILES string of the molecule is Cc1cc(C)c(-c2ccc3c(c2)B2c4c(cc5oc6ccccc6c5c4-c4cccc5c6ccccc6n2c45)N3c2cc(C(C)(C)C)cc(C(C)(C)C)c2)c(C)c1. The highest BCUT2D eigenvalue weighted by Crippen LogP contribution is 2.50. The van der Waals surface area contributed by atoms with E-state index in [0.29, 0.717) is 0 Å². The number of benzene rings is 7. The first-order valence-corrected chi connectivity index (χ1v) is 20.5. The van der Waals surface area contributed by atoms with Crippen LogP contribution in [0.4, 0.5) is 17.1 Å². The molecule has 0 fully saturated rings. The molecule has 11 rings (SSSR count). The molecule has 9 aromatic rings. The van der Waals surface area contributed by atoms with Crippen LogP contribution in [0.5, 0.6) is 0 Å². The number of furan rings is 1. The molecule has 0 saturated carbocycles. The van der Waals surface area contributed by atoms with Gasteiger partial charge in [0.2, 0.25) is 0 Å². The van der Waals surface area contributed by atoms with Gasteiger partial charge in [0.15, 0.2) is 0 Å². The third kappa shape index (κ3) is 4.80. The Morgan fingerprint density at radius 2 is 1.23 bits per heavy atom. The van der Waals surface area contributed by atoms with Crippen molar-refractivity contribution < 1.29 is 4.42 Å². The van der Waals surface area contributed by atoms with Gasteiger partial charge in [-0.15, -0.1) is 0 Å². The highest BCUT2D eigenvalue weighted by molar-refractivity contribution is 6.90. The van der Waals surface area contributed by atoms with E-state index in [-0.39, 0.29) is 17.7 Å². The summed E-state index contributed by atoms with van der Waals surface area (Å²) in [7, 11) is 0. The highest BCUT2D eigenvalue weighted by Gasteiger charge is 2.44. The Morgan fingerprint density at radius 1 is 0.561 bits per heavy atom. The fourth-order valence-corrected chi connectivity index (χ4v) is 10.4. The zero-order chi connectivity index (χ0) is 39.3. The minimum atomic E-state index is -0.0736. The molecule has 0 aliphatic carbocycles. The van der Waals surface area contributed by atoms with Crippen molar-refractivity contribution in [1.82, 2.24) is 4.48 Å². The van der Waals surface area contributed by atoms with Crippen molar-refractivity contribution in [3.63, 3.8) is 0 Å². The summed E-state index contributed by atoms with van der Waals surface area (Å²) in [6, 6.07) is 46.1. The second kappa shape index (κ2) is 11.5. The van der Waals surface area contributed by atoms with Crippen molar-refractivity contribution in [2.75, 3.05) is 4.90 Å². The van der Waals surface area contributed by atoms with E-state index >= 15 is 0 Å². The average Bonchev–Trinajstić information content (AvgIpc) is 3.71. The lowest BCUT2D eigenvalue weighted by Crippen LogP contribution is -2.56. The molecule has 7 aromatic carbocycles. The maximum atomic E-state index is 6.87. The monoisotopic (exact) mass is 738 g/mol. The third-order valence-corrected chi connectivity index (χ3v) is 12.9. The summed E-state index contributed by atoms with van der Waals surface area (Å²) in [6.45, 7) is 20.7. The topological polar surface area (TPSA) is 21.3 Å². The van der Waals surface area contributed by atoms with Crippen LogP contribution in [0.25, 0.3) is 66.0 Å². The molecule has 4 heterocycles. The Hall–Kier alpha value is -6.00. The number of fused-ring (bicyclic) bond motifs is 11. The van der Waals surface area contributed by atoms with E-state index in [9.17, 15) is 0 Å². The predicted octanol–water partition coefficient (Wildman–Crippen LogP) is 13.3. The first-order chi connectivity index (χ1) is 27.3. The quantitative estimate of drug-likeness (QED) is 0.165. The Kier molecular flexibility index (Phi) is 6.94. The number of para-hydroxylation sites is 3. The minimum absolute atomic E-state index is 0.0434. The first kappa shape index (κ1) is 34.3. The van der Waals surface area contributed by atoms with Gasteiger partial charge in [0, 0.05) is 61.3 Å². The van der Waals surface area contributed by atoms with Gasteiger partial charge in [0.1, 0.15) is 11.2 Å². The third-order valence-electron chi connectivity index (χ3n) is 12.9. The molecular weight excluding hydrogens is 691 g/mol. The van der Waals surface area contributed by atoms with Crippen molar-refractivity contribution in [3.8, 4) is 22.3 Å². The number of hydrogen-bond acceptors (Lipinski definition) is 2. The van der Waals surface area contributed by atoms with Crippen LogP contribution in [0.2, 0.25) is 0 Å². The van der Waals surface area contributed by atoms with Crippen LogP contribution in [-0.4, -0.2) is 11.3 Å². The lowest BCUT2D eigenvalue weighted by atomic mass is 9.44. The Morgan fingerprint density at radius 3 is 1.95 bits per heavy atom. The van der Waals surface area contributed by atoms with Crippen LogP contribution >= 0.6 is 0 Å². The molecule has 0 saturated heterocycles. The van der Waals surface area contributed by atoms with Crippen LogP contribution in [0, 0.1) is 20.8 Å². The molecule has 0 spiro atoms. The van der Waals surface area contributed by atoms with Crippen molar-refractivity contribution in [2.45, 2.75) is 73.1 Å². The molecule has 2 aliphatic heterocycles. The molecule has 0 N–H and O–H groups in total. The maximum Gasteiger partial charge on any atom is 0.333 e. The number of aromatic nitrogens is 1. The van der Waals surface area contributed by atoms with Gasteiger partial charge in [-0.2, -0.15) is 0 Å². The van der Waals surface area contributed by atoms with Gasteiger partial charge in [-0.05, 0) is 112 Å². The molecule has 3 nitrogen and oxygen atoms in total. The summed E-state index contributed by atoms with van der Waals surface area (Å²) in [4.78, 5) is 2.57. The van der Waals surface area contributed by atoms with Crippen LogP contribution in [0.15, 0.2) is 126 Å². The predicted molar refractivity (Wildman–Crippen MR) is 244 cm³/mol. The zero-order valence-corrected chi connectivity index (χ0v) is 34.4. The standard InChI is InChI=1S/C53H47BN2O/c1-30-23-31(2)47(32(3)24-30)33-21-22-43-41(25-33)54-50-44(55(43)36-27-34(52(4,5)6)26-35(28-36)53(7,8)9)29-46-48(39-16-11-13-20-45(39)57-46)49(50)40-18-14-17-38-37-15-10-12-19-42(37)56(54)51(38)40/h10-29H,1-9H3. The molecule has 0 amide bonds. The molecule has 4 heteroatoms. The highest BCUT2D eigenvalue weighted by atomic mass is 16.3. The molecule has 0 radical (unpaired) electrons. The molecule has 57 heavy (non-hydrogen) atoms. The second-order valence-corrected chi connectivity index (χ2v) is 18.8. The van der Waals surface area contributed by atoms with Crippen molar-refractivity contribution in [2.24, 2.45) is 0 Å². The second-order valence-electron chi connectivity index (χ2n) is 18.8. The summed E-state index contributed by atoms with van der Waals surface area (Å²) in [5.74, 6) is 0. The maximum absolute atomic E-state index is 6.87. The van der Waals surface area contributed by atoms with Gasteiger partial charge in [-0.1, -0.05) is 132 Å². The van der Waals surface area contributed by atoms with Gasteiger partial charge in [-0.3, -0.25) is 0 Å². The van der Waals surface area contributed by atoms with E-state index in [0.717, 1.165) is 16.6 Å². The Labute approximate surface area is 335 Å².